The molecule has 5 rings (SSSR count). The number of carbonyl (C=O) groups excluding carboxylic acids is 2. The Morgan fingerprint density at radius 1 is 1.23 bits per heavy atom. The Morgan fingerprint density at radius 3 is 2.62 bits per heavy atom. The zero-order valence-electron chi connectivity index (χ0n) is 21.7. The van der Waals surface area contributed by atoms with Crippen LogP contribution in [-0.2, 0) is 9.59 Å². The van der Waals surface area contributed by atoms with Crippen molar-refractivity contribution in [3.8, 4) is 11.6 Å². The van der Waals surface area contributed by atoms with Crippen molar-refractivity contribution in [2.45, 2.75) is 63.0 Å². The smallest absolute Gasteiger partial charge is 0.425 e. The van der Waals surface area contributed by atoms with Crippen molar-refractivity contribution in [1.82, 2.24) is 15.2 Å². The summed E-state index contributed by atoms with van der Waals surface area (Å²) in [6.45, 7) is 3.62. The van der Waals surface area contributed by atoms with E-state index in [9.17, 15) is 22.8 Å². The molecule has 9 nitrogen and oxygen atoms in total. The maximum absolute atomic E-state index is 13.5. The number of benzene rings is 1. The maximum atomic E-state index is 13.5. The molecule has 2 aromatic rings. The summed E-state index contributed by atoms with van der Waals surface area (Å²) in [7, 11) is 1.49. The molecule has 1 aliphatic carbocycles. The first-order chi connectivity index (χ1) is 18.4. The van der Waals surface area contributed by atoms with Gasteiger partial charge in [-0.15, -0.1) is 0 Å². The van der Waals surface area contributed by atoms with E-state index in [1.165, 1.54) is 18.1 Å². The molecule has 1 saturated carbocycles. The lowest BCUT2D eigenvalue weighted by Gasteiger charge is -2.38. The second-order valence-corrected chi connectivity index (χ2v) is 10.8. The fourth-order valence-corrected chi connectivity index (χ4v) is 5.46. The van der Waals surface area contributed by atoms with Crippen LogP contribution in [0.5, 0.6) is 11.6 Å². The van der Waals surface area contributed by atoms with Crippen molar-refractivity contribution in [2.24, 2.45) is 22.6 Å². The van der Waals surface area contributed by atoms with Gasteiger partial charge in [0.15, 0.2) is 12.1 Å². The van der Waals surface area contributed by atoms with Crippen LogP contribution in [0.2, 0.25) is 0 Å². The second-order valence-electron chi connectivity index (χ2n) is 10.8. The Bertz CT molecular complexity index is 1300. The zero-order valence-corrected chi connectivity index (χ0v) is 21.7. The molecule has 3 aliphatic rings. The number of methoxy groups -OCH3 is 1. The predicted molar refractivity (Wildman–Crippen MR) is 135 cm³/mol. The molecule has 1 fully saturated rings. The third-order valence-corrected chi connectivity index (χ3v) is 7.38. The predicted octanol–water partition coefficient (Wildman–Crippen LogP) is 3.66. The van der Waals surface area contributed by atoms with Gasteiger partial charge in [-0.1, -0.05) is 24.3 Å². The average Bonchev–Trinajstić information content (AvgIpc) is 3.66. The number of amides is 2. The van der Waals surface area contributed by atoms with Crippen molar-refractivity contribution < 1.29 is 32.2 Å². The number of guanidine groups is 1. The number of hydrogen-bond acceptors (Lipinski definition) is 7. The van der Waals surface area contributed by atoms with E-state index in [1.54, 1.807) is 36.5 Å². The summed E-state index contributed by atoms with van der Waals surface area (Å²) in [4.78, 5) is 36.8. The number of rotatable bonds is 6. The van der Waals surface area contributed by atoms with Crippen molar-refractivity contribution >= 4 is 17.8 Å². The molecular weight excluding hydrogens is 515 g/mol. The van der Waals surface area contributed by atoms with Crippen LogP contribution in [-0.4, -0.2) is 52.6 Å². The molecule has 5 atom stereocenters. The first-order valence-corrected chi connectivity index (χ1v) is 12.7. The highest BCUT2D eigenvalue weighted by atomic mass is 19.4. The number of aromatic nitrogens is 1. The van der Waals surface area contributed by atoms with Crippen molar-refractivity contribution in [3.63, 3.8) is 0 Å². The van der Waals surface area contributed by atoms with E-state index >= 15 is 0 Å². The van der Waals surface area contributed by atoms with Gasteiger partial charge in [-0.05, 0) is 37.8 Å². The number of hydrogen-bond donors (Lipinski definition) is 2. The summed E-state index contributed by atoms with van der Waals surface area (Å²) in [6, 6.07) is 8.29. The van der Waals surface area contributed by atoms with E-state index in [0.29, 0.717) is 23.4 Å². The van der Waals surface area contributed by atoms with Gasteiger partial charge in [-0.25, -0.2) is 9.98 Å². The Balaban J connectivity index is 1.40. The second kappa shape index (κ2) is 9.73. The lowest BCUT2D eigenvalue weighted by Crippen LogP contribution is -2.52. The topological polar surface area (TPSA) is 119 Å². The Labute approximate surface area is 223 Å². The molecule has 0 bridgehead atoms. The van der Waals surface area contributed by atoms with Crippen molar-refractivity contribution in [2.75, 3.05) is 7.11 Å². The average molecular weight is 546 g/mol. The molecule has 2 amide bonds. The molecule has 0 radical (unpaired) electrons. The molecule has 208 valence electrons. The lowest BCUT2D eigenvalue weighted by atomic mass is 9.94. The SMILES string of the molecule is COc1ccc([C@H](C2C[C@H]2C(=O)N[C@H]2CC(C(F)(F)F)Oc3ccccc32)N2C(=O)CC(C)(C)N=C2N)cn1. The lowest BCUT2D eigenvalue weighted by molar-refractivity contribution is -0.201. The molecular formula is C27H30F3N5O4. The minimum atomic E-state index is -4.58. The largest absolute Gasteiger partial charge is 0.481 e. The summed E-state index contributed by atoms with van der Waals surface area (Å²) < 4.78 is 51.0. The van der Waals surface area contributed by atoms with E-state index in [-0.39, 0.29) is 30.0 Å². The first-order valence-electron chi connectivity index (χ1n) is 12.7. The van der Waals surface area contributed by atoms with Crippen LogP contribution in [0, 0.1) is 11.8 Å². The molecule has 2 aliphatic heterocycles. The number of ether oxygens (including phenoxy) is 2. The van der Waals surface area contributed by atoms with Gasteiger partial charge >= 0.3 is 6.18 Å². The van der Waals surface area contributed by atoms with Gasteiger partial charge < -0.3 is 20.5 Å². The number of halogens is 3. The molecule has 2 unspecified atom stereocenters. The fourth-order valence-electron chi connectivity index (χ4n) is 5.46. The van der Waals surface area contributed by atoms with Gasteiger partial charge in [-0.2, -0.15) is 13.2 Å². The molecule has 1 aromatic carbocycles. The van der Waals surface area contributed by atoms with Crippen LogP contribution in [0.25, 0.3) is 0 Å². The number of nitrogens with one attached hydrogen (secondary N) is 1. The summed E-state index contributed by atoms with van der Waals surface area (Å²) in [5, 5.41) is 2.81. The molecule has 0 saturated heterocycles. The molecule has 3 N–H and O–H groups in total. The van der Waals surface area contributed by atoms with Gasteiger partial charge in [0, 0.05) is 30.2 Å². The van der Waals surface area contributed by atoms with Gasteiger partial charge in [-0.3, -0.25) is 14.5 Å². The van der Waals surface area contributed by atoms with E-state index in [4.69, 9.17) is 15.2 Å². The minimum Gasteiger partial charge on any atom is -0.481 e. The van der Waals surface area contributed by atoms with Gasteiger partial charge in [0.05, 0.1) is 31.2 Å². The maximum Gasteiger partial charge on any atom is 0.425 e. The highest BCUT2D eigenvalue weighted by molar-refractivity contribution is 5.99. The highest BCUT2D eigenvalue weighted by Crippen LogP contribution is 2.51. The van der Waals surface area contributed by atoms with Crippen molar-refractivity contribution in [3.05, 3.63) is 53.7 Å². The van der Waals surface area contributed by atoms with E-state index < -0.39 is 48.1 Å². The number of alkyl halides is 3. The van der Waals surface area contributed by atoms with Gasteiger partial charge in [0.1, 0.15) is 5.75 Å². The summed E-state index contributed by atoms with van der Waals surface area (Å²) >= 11 is 0. The Kier molecular flexibility index (Phi) is 6.68. The monoisotopic (exact) mass is 545 g/mol. The fraction of sp³-hybridized carbons (Fsp3) is 0.481. The highest BCUT2D eigenvalue weighted by Gasteiger charge is 2.54. The molecule has 3 heterocycles. The minimum absolute atomic E-state index is 0.0505. The number of fused-ring (bicyclic) bond motifs is 1. The molecule has 39 heavy (non-hydrogen) atoms. The van der Waals surface area contributed by atoms with Gasteiger partial charge in [0.2, 0.25) is 17.7 Å². The van der Waals surface area contributed by atoms with E-state index in [1.807, 2.05) is 13.8 Å². The number of pyridine rings is 1. The first kappa shape index (κ1) is 26.8. The summed E-state index contributed by atoms with van der Waals surface area (Å²) in [5.74, 6) is -0.988. The van der Waals surface area contributed by atoms with Crippen LogP contribution < -0.4 is 20.5 Å². The Morgan fingerprint density at radius 2 is 1.97 bits per heavy atom. The third-order valence-electron chi connectivity index (χ3n) is 7.38. The number of para-hydroxylation sites is 1. The van der Waals surface area contributed by atoms with Crippen LogP contribution in [0.15, 0.2) is 47.6 Å². The van der Waals surface area contributed by atoms with Crippen LogP contribution >= 0.6 is 0 Å². The standard InChI is InChI=1S/C27H30F3N5O4/c1-26(2)12-22(36)35(25(31)34-26)23(14-8-9-21(38-3)32-13-14)16-10-17(16)24(37)33-18-11-20(27(28,29)30)39-19-7-5-4-6-15(18)19/h4-9,13,16-18,20,23H,10-12H2,1-3H3,(H2,31,34)(H,33,37)/t16?,17-,18+,20?,23-/m1/s1. The van der Waals surface area contributed by atoms with Gasteiger partial charge in [0.25, 0.3) is 0 Å². The van der Waals surface area contributed by atoms with Crippen LogP contribution in [0.4, 0.5) is 13.2 Å². The number of carbonyl (C=O) groups is 2. The summed E-state index contributed by atoms with van der Waals surface area (Å²) in [6.07, 6.45) is -4.93. The number of nitrogens with two attached hydrogens (primary N) is 1. The van der Waals surface area contributed by atoms with Crippen molar-refractivity contribution in [1.29, 1.82) is 0 Å². The molecule has 1 aromatic heterocycles. The third kappa shape index (κ3) is 5.37. The summed E-state index contributed by atoms with van der Waals surface area (Å²) in [5.41, 5.74) is 6.75. The zero-order chi connectivity index (χ0) is 28.1. The normalized spacial score (nSPS) is 26.6. The quantitative estimate of drug-likeness (QED) is 0.572. The van der Waals surface area contributed by atoms with E-state index in [2.05, 4.69) is 15.3 Å². The molecule has 12 heteroatoms. The Hall–Kier alpha value is -3.83. The van der Waals surface area contributed by atoms with Crippen LogP contribution in [0.1, 0.15) is 56.3 Å². The molecule has 0 spiro atoms. The van der Waals surface area contributed by atoms with Crippen LogP contribution in [0.3, 0.4) is 0 Å². The number of aliphatic imine (C=N–C) groups is 1. The van der Waals surface area contributed by atoms with E-state index in [0.717, 1.165) is 0 Å². The number of nitrogens with zero attached hydrogens (tertiary/aromatic N) is 3.